The van der Waals surface area contributed by atoms with Crippen LogP contribution in [0.15, 0.2) is 48.5 Å². The molecule has 2 rings (SSSR count). The van der Waals surface area contributed by atoms with Gasteiger partial charge in [0, 0.05) is 5.02 Å². The molecule has 2 aromatic rings. The van der Waals surface area contributed by atoms with Gasteiger partial charge in [-0.1, -0.05) is 53.6 Å². The normalized spacial score (nSPS) is 11.5. The number of sulfone groups is 1. The molecular formula is C15H15ClO2S. The van der Waals surface area contributed by atoms with Gasteiger partial charge in [0.2, 0.25) is 0 Å². The first kappa shape index (κ1) is 14.1. The van der Waals surface area contributed by atoms with Crippen molar-refractivity contribution in [1.82, 2.24) is 0 Å². The van der Waals surface area contributed by atoms with Gasteiger partial charge in [0.25, 0.3) is 0 Å². The molecule has 0 amide bonds. The maximum atomic E-state index is 12.1. The van der Waals surface area contributed by atoms with E-state index in [0.29, 0.717) is 5.02 Å². The van der Waals surface area contributed by atoms with Crippen molar-refractivity contribution in [1.29, 1.82) is 0 Å². The van der Waals surface area contributed by atoms with E-state index in [1.165, 1.54) is 0 Å². The van der Waals surface area contributed by atoms with E-state index in [1.54, 1.807) is 24.3 Å². The molecule has 0 aromatic heterocycles. The van der Waals surface area contributed by atoms with Crippen molar-refractivity contribution in [2.75, 3.05) is 0 Å². The molecule has 0 saturated heterocycles. The SMILES string of the molecule is Cc1cccc(CS(=O)(=O)Cc2ccc(Cl)cc2)c1. The van der Waals surface area contributed by atoms with E-state index in [2.05, 4.69) is 0 Å². The van der Waals surface area contributed by atoms with Gasteiger partial charge >= 0.3 is 0 Å². The van der Waals surface area contributed by atoms with Crippen LogP contribution >= 0.6 is 11.6 Å². The van der Waals surface area contributed by atoms with Gasteiger partial charge in [-0.3, -0.25) is 0 Å². The van der Waals surface area contributed by atoms with Crippen LogP contribution < -0.4 is 0 Å². The van der Waals surface area contributed by atoms with Crippen LogP contribution in [0.25, 0.3) is 0 Å². The van der Waals surface area contributed by atoms with Crippen molar-refractivity contribution in [3.05, 3.63) is 70.2 Å². The second-order valence-corrected chi connectivity index (χ2v) is 7.15. The molecular weight excluding hydrogens is 280 g/mol. The van der Waals surface area contributed by atoms with Crippen LogP contribution in [-0.2, 0) is 21.3 Å². The highest BCUT2D eigenvalue weighted by Gasteiger charge is 2.13. The van der Waals surface area contributed by atoms with Gasteiger partial charge in [-0.25, -0.2) is 8.42 Å². The molecule has 0 aliphatic heterocycles. The Morgan fingerprint density at radius 3 is 2.21 bits per heavy atom. The summed E-state index contributed by atoms with van der Waals surface area (Å²) in [6.45, 7) is 1.95. The van der Waals surface area contributed by atoms with Crippen LogP contribution in [0.5, 0.6) is 0 Å². The third-order valence-electron chi connectivity index (χ3n) is 2.77. The Morgan fingerprint density at radius 2 is 1.58 bits per heavy atom. The molecule has 0 spiro atoms. The molecule has 4 heteroatoms. The van der Waals surface area contributed by atoms with Crippen molar-refractivity contribution in [2.24, 2.45) is 0 Å². The molecule has 0 bridgehead atoms. The lowest BCUT2D eigenvalue weighted by molar-refractivity contribution is 0.594. The number of aryl methyl sites for hydroxylation is 1. The van der Waals surface area contributed by atoms with Gasteiger partial charge in [0.1, 0.15) is 0 Å². The van der Waals surface area contributed by atoms with E-state index in [-0.39, 0.29) is 11.5 Å². The number of rotatable bonds is 4. The molecule has 2 aromatic carbocycles. The zero-order valence-electron chi connectivity index (χ0n) is 10.6. The minimum absolute atomic E-state index is 0.0398. The Kier molecular flexibility index (Phi) is 4.27. The topological polar surface area (TPSA) is 34.1 Å². The lowest BCUT2D eigenvalue weighted by atomic mass is 10.2. The average molecular weight is 295 g/mol. The van der Waals surface area contributed by atoms with Crippen molar-refractivity contribution < 1.29 is 8.42 Å². The number of hydrogen-bond acceptors (Lipinski definition) is 2. The van der Waals surface area contributed by atoms with Gasteiger partial charge in [0.15, 0.2) is 9.84 Å². The largest absolute Gasteiger partial charge is 0.228 e. The fourth-order valence-electron chi connectivity index (χ4n) is 1.94. The van der Waals surface area contributed by atoms with Crippen LogP contribution in [0.3, 0.4) is 0 Å². The summed E-state index contributed by atoms with van der Waals surface area (Å²) in [7, 11) is -3.16. The minimum atomic E-state index is -3.16. The molecule has 100 valence electrons. The van der Waals surface area contributed by atoms with Crippen molar-refractivity contribution >= 4 is 21.4 Å². The number of benzene rings is 2. The van der Waals surface area contributed by atoms with Crippen LogP contribution in [0.4, 0.5) is 0 Å². The Morgan fingerprint density at radius 1 is 0.947 bits per heavy atom. The molecule has 0 N–H and O–H groups in total. The van der Waals surface area contributed by atoms with Gasteiger partial charge in [-0.05, 0) is 30.2 Å². The quantitative estimate of drug-likeness (QED) is 0.860. The van der Waals surface area contributed by atoms with Crippen LogP contribution in [-0.4, -0.2) is 8.42 Å². The first-order valence-corrected chi connectivity index (χ1v) is 8.15. The van der Waals surface area contributed by atoms with Crippen molar-refractivity contribution in [3.63, 3.8) is 0 Å². The Hall–Kier alpha value is -1.32. The molecule has 0 fully saturated rings. The van der Waals surface area contributed by atoms with Crippen LogP contribution in [0.2, 0.25) is 5.02 Å². The highest BCUT2D eigenvalue weighted by atomic mass is 35.5. The summed E-state index contributed by atoms with van der Waals surface area (Å²) in [5.74, 6) is 0.107. The molecule has 19 heavy (non-hydrogen) atoms. The predicted molar refractivity (Wildman–Crippen MR) is 79.0 cm³/mol. The van der Waals surface area contributed by atoms with E-state index in [1.807, 2.05) is 31.2 Å². The molecule has 0 saturated carbocycles. The monoisotopic (exact) mass is 294 g/mol. The summed E-state index contributed by atoms with van der Waals surface area (Å²) in [6, 6.07) is 14.5. The lowest BCUT2D eigenvalue weighted by Crippen LogP contribution is -2.07. The first-order valence-electron chi connectivity index (χ1n) is 5.95. The zero-order chi connectivity index (χ0) is 13.9. The average Bonchev–Trinajstić information content (AvgIpc) is 2.31. The molecule has 0 unspecified atom stereocenters. The molecule has 2 nitrogen and oxygen atoms in total. The third-order valence-corrected chi connectivity index (χ3v) is 4.57. The third kappa shape index (κ3) is 4.37. The smallest absolute Gasteiger partial charge is 0.158 e. The van der Waals surface area contributed by atoms with Gasteiger partial charge in [-0.15, -0.1) is 0 Å². The Labute approximate surface area is 119 Å². The highest BCUT2D eigenvalue weighted by molar-refractivity contribution is 7.89. The summed E-state index contributed by atoms with van der Waals surface area (Å²) in [5.41, 5.74) is 2.66. The number of hydrogen-bond donors (Lipinski definition) is 0. The lowest BCUT2D eigenvalue weighted by Gasteiger charge is -2.06. The first-order chi connectivity index (χ1) is 8.94. The highest BCUT2D eigenvalue weighted by Crippen LogP contribution is 2.15. The summed E-state index contributed by atoms with van der Waals surface area (Å²) < 4.78 is 24.3. The van der Waals surface area contributed by atoms with Crippen LogP contribution in [0, 0.1) is 6.92 Å². The second-order valence-electron chi connectivity index (χ2n) is 4.65. The van der Waals surface area contributed by atoms with E-state index >= 15 is 0 Å². The second kappa shape index (κ2) is 5.76. The fraction of sp³-hybridized carbons (Fsp3) is 0.200. The summed E-state index contributed by atoms with van der Waals surface area (Å²) in [4.78, 5) is 0. The molecule has 0 radical (unpaired) electrons. The summed E-state index contributed by atoms with van der Waals surface area (Å²) >= 11 is 5.78. The summed E-state index contributed by atoms with van der Waals surface area (Å²) in [5, 5.41) is 0.611. The predicted octanol–water partition coefficient (Wildman–Crippen LogP) is 3.76. The van der Waals surface area contributed by atoms with Gasteiger partial charge in [-0.2, -0.15) is 0 Å². The zero-order valence-corrected chi connectivity index (χ0v) is 12.2. The molecule has 0 heterocycles. The minimum Gasteiger partial charge on any atom is -0.228 e. The van der Waals surface area contributed by atoms with Crippen molar-refractivity contribution in [3.8, 4) is 0 Å². The van der Waals surface area contributed by atoms with E-state index in [0.717, 1.165) is 16.7 Å². The number of halogens is 1. The standard InChI is InChI=1S/C15H15ClO2S/c1-12-3-2-4-14(9-12)11-19(17,18)10-13-5-7-15(16)8-6-13/h2-9H,10-11H2,1H3. The molecule has 0 aliphatic rings. The fourth-order valence-corrected chi connectivity index (χ4v) is 3.56. The Balaban J connectivity index is 2.13. The maximum absolute atomic E-state index is 12.1. The molecule has 0 aliphatic carbocycles. The van der Waals surface area contributed by atoms with E-state index in [4.69, 9.17) is 11.6 Å². The maximum Gasteiger partial charge on any atom is 0.158 e. The van der Waals surface area contributed by atoms with Crippen LogP contribution in [0.1, 0.15) is 16.7 Å². The van der Waals surface area contributed by atoms with Crippen molar-refractivity contribution in [2.45, 2.75) is 18.4 Å². The van der Waals surface area contributed by atoms with Gasteiger partial charge in [0.05, 0.1) is 11.5 Å². The van der Waals surface area contributed by atoms with E-state index < -0.39 is 9.84 Å². The Bertz CT molecular complexity index is 661. The van der Waals surface area contributed by atoms with Gasteiger partial charge < -0.3 is 0 Å². The summed E-state index contributed by atoms with van der Waals surface area (Å²) in [6.07, 6.45) is 0. The van der Waals surface area contributed by atoms with E-state index in [9.17, 15) is 8.42 Å². The molecule has 0 atom stereocenters.